The fraction of sp³-hybridized carbons (Fsp3) is 0.476. The van der Waals surface area contributed by atoms with Gasteiger partial charge in [0, 0.05) is 12.5 Å². The van der Waals surface area contributed by atoms with Gasteiger partial charge >= 0.3 is 0 Å². The van der Waals surface area contributed by atoms with Crippen molar-refractivity contribution in [2.75, 3.05) is 6.54 Å². The van der Waals surface area contributed by atoms with Crippen molar-refractivity contribution < 1.29 is 9.21 Å². The van der Waals surface area contributed by atoms with Crippen molar-refractivity contribution in [1.29, 1.82) is 0 Å². The Kier molecular flexibility index (Phi) is 7.60. The predicted molar refractivity (Wildman–Crippen MR) is 97.6 cm³/mol. The van der Waals surface area contributed by atoms with Gasteiger partial charge in [-0.25, -0.2) is 0 Å². The van der Waals surface area contributed by atoms with Crippen molar-refractivity contribution in [2.24, 2.45) is 5.92 Å². The number of amides is 1. The van der Waals surface area contributed by atoms with Crippen LogP contribution in [-0.2, 0) is 17.8 Å². The Morgan fingerprint density at radius 3 is 2.54 bits per heavy atom. The third kappa shape index (κ3) is 5.55. The van der Waals surface area contributed by atoms with Crippen LogP contribution in [0.25, 0.3) is 0 Å². The molecule has 1 atom stereocenters. The second kappa shape index (κ2) is 9.96. The van der Waals surface area contributed by atoms with Crippen LogP contribution in [-0.4, -0.2) is 17.4 Å². The van der Waals surface area contributed by atoms with Gasteiger partial charge in [0.25, 0.3) is 0 Å². The molecule has 0 saturated carbocycles. The van der Waals surface area contributed by atoms with Gasteiger partial charge in [-0.15, -0.1) is 0 Å². The zero-order chi connectivity index (χ0) is 17.2. The Bertz CT molecular complexity index is 577. The highest BCUT2D eigenvalue weighted by Gasteiger charge is 2.23. The zero-order valence-electron chi connectivity index (χ0n) is 14.9. The number of nitrogens with zero attached hydrogens (tertiary/aromatic N) is 1. The van der Waals surface area contributed by atoms with E-state index in [9.17, 15) is 4.79 Å². The number of furan rings is 1. The van der Waals surface area contributed by atoms with Crippen LogP contribution >= 0.6 is 0 Å². The molecule has 3 heteroatoms. The third-order valence-corrected chi connectivity index (χ3v) is 4.50. The average Bonchev–Trinajstić information content (AvgIpc) is 3.13. The smallest absolute Gasteiger partial charge is 0.226 e. The van der Waals surface area contributed by atoms with Crippen LogP contribution in [0, 0.1) is 5.92 Å². The van der Waals surface area contributed by atoms with Crippen LogP contribution in [0.4, 0.5) is 0 Å². The summed E-state index contributed by atoms with van der Waals surface area (Å²) in [7, 11) is 0. The van der Waals surface area contributed by atoms with Crippen LogP contribution in [0.2, 0.25) is 0 Å². The van der Waals surface area contributed by atoms with Crippen LogP contribution in [0.15, 0.2) is 53.1 Å². The van der Waals surface area contributed by atoms with E-state index in [1.54, 1.807) is 6.26 Å². The monoisotopic (exact) mass is 327 g/mol. The molecule has 24 heavy (non-hydrogen) atoms. The first-order valence-corrected chi connectivity index (χ1v) is 9.09. The maximum Gasteiger partial charge on any atom is 0.226 e. The summed E-state index contributed by atoms with van der Waals surface area (Å²) in [6, 6.07) is 14.2. The van der Waals surface area contributed by atoms with Gasteiger partial charge in [-0.1, -0.05) is 57.0 Å². The summed E-state index contributed by atoms with van der Waals surface area (Å²) in [5.41, 5.74) is 1.26. The van der Waals surface area contributed by atoms with Gasteiger partial charge in [0.05, 0.1) is 12.8 Å². The number of hydrogen-bond donors (Lipinski definition) is 0. The molecule has 0 aliphatic rings. The molecule has 2 rings (SSSR count). The Balaban J connectivity index is 2.04. The molecule has 0 fully saturated rings. The standard InChI is InChI=1S/C21H29NO2/c1-3-5-12-19(4-2)21(23)22(17-20-13-9-16-24-20)15-14-18-10-7-6-8-11-18/h6-11,13,16,19H,3-5,12,14-15,17H2,1-2H3. The van der Waals surface area contributed by atoms with Crippen LogP contribution in [0.3, 0.4) is 0 Å². The second-order valence-electron chi connectivity index (χ2n) is 6.32. The van der Waals surface area contributed by atoms with Gasteiger partial charge in [-0.05, 0) is 37.0 Å². The minimum Gasteiger partial charge on any atom is -0.467 e. The van der Waals surface area contributed by atoms with E-state index in [2.05, 4.69) is 26.0 Å². The molecule has 1 amide bonds. The van der Waals surface area contributed by atoms with E-state index in [1.165, 1.54) is 5.56 Å². The van der Waals surface area contributed by atoms with Crippen LogP contribution in [0.5, 0.6) is 0 Å². The summed E-state index contributed by atoms with van der Waals surface area (Å²) < 4.78 is 5.47. The zero-order valence-corrected chi connectivity index (χ0v) is 14.9. The number of carbonyl (C=O) groups is 1. The predicted octanol–water partition coefficient (Wildman–Crippen LogP) is 5.07. The second-order valence-corrected chi connectivity index (χ2v) is 6.32. The Morgan fingerprint density at radius 1 is 1.12 bits per heavy atom. The van der Waals surface area contributed by atoms with Gasteiger partial charge in [0.2, 0.25) is 5.91 Å². The van der Waals surface area contributed by atoms with Gasteiger partial charge in [0.1, 0.15) is 5.76 Å². The number of rotatable bonds is 10. The van der Waals surface area contributed by atoms with Gasteiger partial charge < -0.3 is 9.32 Å². The molecule has 0 bridgehead atoms. The first-order valence-electron chi connectivity index (χ1n) is 9.09. The Labute approximate surface area is 145 Å². The van der Waals surface area contributed by atoms with Crippen molar-refractivity contribution in [3.63, 3.8) is 0 Å². The topological polar surface area (TPSA) is 33.5 Å². The lowest BCUT2D eigenvalue weighted by Crippen LogP contribution is -2.37. The third-order valence-electron chi connectivity index (χ3n) is 4.50. The van der Waals surface area contributed by atoms with Crippen molar-refractivity contribution >= 4 is 5.91 Å². The molecule has 3 nitrogen and oxygen atoms in total. The molecule has 0 radical (unpaired) electrons. The van der Waals surface area contributed by atoms with Gasteiger partial charge in [-0.2, -0.15) is 0 Å². The fourth-order valence-corrected chi connectivity index (χ4v) is 2.98. The van der Waals surface area contributed by atoms with Crippen LogP contribution in [0.1, 0.15) is 50.9 Å². The molecule has 0 aliphatic heterocycles. The lowest BCUT2D eigenvalue weighted by atomic mass is 9.97. The van der Waals surface area contributed by atoms with Crippen LogP contribution < -0.4 is 0 Å². The Hall–Kier alpha value is -2.03. The summed E-state index contributed by atoms with van der Waals surface area (Å²) in [6.45, 7) is 5.57. The van der Waals surface area contributed by atoms with Crippen molar-refractivity contribution in [3.8, 4) is 0 Å². The summed E-state index contributed by atoms with van der Waals surface area (Å²) in [6.07, 6.45) is 6.66. The van der Waals surface area contributed by atoms with Crippen molar-refractivity contribution in [3.05, 3.63) is 60.1 Å². The van der Waals surface area contributed by atoms with Gasteiger partial charge in [0.15, 0.2) is 0 Å². The molecular formula is C21H29NO2. The first kappa shape index (κ1) is 18.3. The molecule has 2 aromatic rings. The number of carbonyl (C=O) groups excluding carboxylic acids is 1. The van der Waals surface area contributed by atoms with E-state index >= 15 is 0 Å². The number of benzene rings is 1. The molecular weight excluding hydrogens is 298 g/mol. The minimum absolute atomic E-state index is 0.121. The van der Waals surface area contributed by atoms with Crippen molar-refractivity contribution in [1.82, 2.24) is 4.90 Å². The molecule has 1 aromatic carbocycles. The van der Waals surface area contributed by atoms with E-state index in [4.69, 9.17) is 4.42 Å². The summed E-state index contributed by atoms with van der Waals surface area (Å²) in [5, 5.41) is 0. The molecule has 1 aromatic heterocycles. The molecule has 0 aliphatic carbocycles. The fourth-order valence-electron chi connectivity index (χ4n) is 2.98. The number of hydrogen-bond acceptors (Lipinski definition) is 2. The largest absolute Gasteiger partial charge is 0.467 e. The van der Waals surface area contributed by atoms with Crippen molar-refractivity contribution in [2.45, 2.75) is 52.5 Å². The molecule has 0 spiro atoms. The van der Waals surface area contributed by atoms with E-state index in [0.717, 1.165) is 44.4 Å². The molecule has 1 heterocycles. The lowest BCUT2D eigenvalue weighted by Gasteiger charge is -2.26. The van der Waals surface area contributed by atoms with Gasteiger partial charge in [-0.3, -0.25) is 4.79 Å². The quantitative estimate of drug-likeness (QED) is 0.610. The summed E-state index contributed by atoms with van der Waals surface area (Å²) >= 11 is 0. The minimum atomic E-state index is 0.121. The maximum absolute atomic E-state index is 13.0. The average molecular weight is 327 g/mol. The molecule has 0 saturated heterocycles. The van der Waals surface area contributed by atoms with E-state index in [-0.39, 0.29) is 11.8 Å². The highest BCUT2D eigenvalue weighted by Crippen LogP contribution is 2.18. The Morgan fingerprint density at radius 2 is 1.92 bits per heavy atom. The SMILES string of the molecule is CCCCC(CC)C(=O)N(CCc1ccccc1)Cc1ccco1. The first-order chi connectivity index (χ1) is 11.7. The maximum atomic E-state index is 13.0. The lowest BCUT2D eigenvalue weighted by molar-refractivity contribution is -0.136. The summed E-state index contributed by atoms with van der Waals surface area (Å²) in [4.78, 5) is 15.0. The van der Waals surface area contributed by atoms with E-state index < -0.39 is 0 Å². The highest BCUT2D eigenvalue weighted by molar-refractivity contribution is 5.78. The normalized spacial score (nSPS) is 12.1. The molecule has 130 valence electrons. The summed E-state index contributed by atoms with van der Waals surface area (Å²) in [5.74, 6) is 1.23. The highest BCUT2D eigenvalue weighted by atomic mass is 16.3. The molecule has 1 unspecified atom stereocenters. The van der Waals surface area contributed by atoms with E-state index in [0.29, 0.717) is 6.54 Å². The molecule has 0 N–H and O–H groups in total. The van der Waals surface area contributed by atoms with E-state index in [1.807, 2.05) is 35.2 Å². The number of unbranched alkanes of at least 4 members (excludes halogenated alkanes) is 1.